The predicted octanol–water partition coefficient (Wildman–Crippen LogP) is 2.53. The molecule has 2 aromatic carbocycles. The Hall–Kier alpha value is -2.89. The molecule has 102 valence electrons. The molecule has 20 heavy (non-hydrogen) atoms. The van der Waals surface area contributed by atoms with Crippen LogP contribution in [0.4, 0.5) is 11.4 Å². The molecule has 0 atom stereocenters. The van der Waals surface area contributed by atoms with Crippen molar-refractivity contribution in [3.63, 3.8) is 0 Å². The molecule has 0 radical (unpaired) electrons. The maximum Gasteiger partial charge on any atom is 0.338 e. The van der Waals surface area contributed by atoms with Gasteiger partial charge in [-0.05, 0) is 18.2 Å². The van der Waals surface area contributed by atoms with E-state index < -0.39 is 10.9 Å². The van der Waals surface area contributed by atoms with Gasteiger partial charge in [0, 0.05) is 23.4 Å². The minimum atomic E-state index is -0.553. The second-order valence-corrected chi connectivity index (χ2v) is 4.08. The molecule has 0 saturated carbocycles. The highest BCUT2D eigenvalue weighted by atomic mass is 16.6. The van der Waals surface area contributed by atoms with Gasteiger partial charge in [-0.2, -0.15) is 0 Å². The van der Waals surface area contributed by atoms with E-state index in [1.165, 1.54) is 24.3 Å². The highest BCUT2D eigenvalue weighted by molar-refractivity contribution is 5.89. The van der Waals surface area contributed by atoms with Crippen molar-refractivity contribution in [2.45, 2.75) is 6.61 Å². The third kappa shape index (κ3) is 3.11. The van der Waals surface area contributed by atoms with E-state index in [-0.39, 0.29) is 17.9 Å². The first-order valence-corrected chi connectivity index (χ1v) is 5.83. The molecule has 2 rings (SSSR count). The van der Waals surface area contributed by atoms with Crippen molar-refractivity contribution in [2.75, 3.05) is 5.73 Å². The van der Waals surface area contributed by atoms with Crippen LogP contribution in [0.3, 0.4) is 0 Å². The molecule has 2 N–H and O–H groups in total. The standard InChI is InChI=1S/C14H12N2O4/c15-13-4-2-1-3-11(13)9-20-14(17)10-5-7-12(8-6-10)16(18)19/h1-8H,9,15H2. The highest BCUT2D eigenvalue weighted by Gasteiger charge is 2.11. The summed E-state index contributed by atoms with van der Waals surface area (Å²) in [6, 6.07) is 12.3. The Morgan fingerprint density at radius 2 is 1.80 bits per heavy atom. The van der Waals surface area contributed by atoms with Crippen LogP contribution in [-0.2, 0) is 11.3 Å². The molecule has 0 aliphatic rings. The minimum Gasteiger partial charge on any atom is -0.457 e. The number of nitrogens with zero attached hydrogens (tertiary/aromatic N) is 1. The van der Waals surface area contributed by atoms with Crippen molar-refractivity contribution in [3.8, 4) is 0 Å². The molecule has 0 aliphatic carbocycles. The number of carbonyl (C=O) groups is 1. The van der Waals surface area contributed by atoms with Gasteiger partial charge in [-0.3, -0.25) is 10.1 Å². The lowest BCUT2D eigenvalue weighted by Crippen LogP contribution is -2.06. The minimum absolute atomic E-state index is 0.0580. The molecule has 0 heterocycles. The molecule has 6 heteroatoms. The van der Waals surface area contributed by atoms with Gasteiger partial charge in [0.15, 0.2) is 0 Å². The average molecular weight is 272 g/mol. The zero-order valence-corrected chi connectivity index (χ0v) is 10.5. The summed E-state index contributed by atoms with van der Waals surface area (Å²) >= 11 is 0. The molecule has 0 fully saturated rings. The maximum absolute atomic E-state index is 11.8. The first kappa shape index (κ1) is 13.5. The number of nitro benzene ring substituents is 1. The Labute approximate surface area is 114 Å². The lowest BCUT2D eigenvalue weighted by molar-refractivity contribution is -0.384. The number of nitro groups is 1. The van der Waals surface area contributed by atoms with E-state index in [0.29, 0.717) is 11.3 Å². The van der Waals surface area contributed by atoms with Gasteiger partial charge >= 0.3 is 5.97 Å². The van der Waals surface area contributed by atoms with Crippen LogP contribution in [0.2, 0.25) is 0 Å². The summed E-state index contributed by atoms with van der Waals surface area (Å²) in [5.74, 6) is -0.553. The normalized spacial score (nSPS) is 10.0. The van der Waals surface area contributed by atoms with Gasteiger partial charge in [0.25, 0.3) is 5.69 Å². The van der Waals surface area contributed by atoms with Gasteiger partial charge < -0.3 is 10.5 Å². The number of esters is 1. The fraction of sp³-hybridized carbons (Fsp3) is 0.0714. The summed E-state index contributed by atoms with van der Waals surface area (Å²) in [6.45, 7) is 0.0580. The topological polar surface area (TPSA) is 95.5 Å². The maximum atomic E-state index is 11.8. The van der Waals surface area contributed by atoms with Gasteiger partial charge in [-0.25, -0.2) is 4.79 Å². The van der Waals surface area contributed by atoms with Crippen LogP contribution >= 0.6 is 0 Å². The summed E-state index contributed by atoms with van der Waals surface area (Å²) in [4.78, 5) is 21.8. The van der Waals surface area contributed by atoms with Crippen LogP contribution in [0.15, 0.2) is 48.5 Å². The lowest BCUT2D eigenvalue weighted by Gasteiger charge is -2.07. The molecule has 2 aromatic rings. The van der Waals surface area contributed by atoms with Crippen molar-refractivity contribution in [3.05, 3.63) is 69.8 Å². The first-order valence-electron chi connectivity index (χ1n) is 5.83. The largest absolute Gasteiger partial charge is 0.457 e. The van der Waals surface area contributed by atoms with E-state index in [2.05, 4.69) is 0 Å². The number of anilines is 1. The number of carbonyl (C=O) groups excluding carboxylic acids is 1. The number of para-hydroxylation sites is 1. The second kappa shape index (κ2) is 5.83. The molecule has 6 nitrogen and oxygen atoms in total. The molecule has 0 aliphatic heterocycles. The van der Waals surface area contributed by atoms with Crippen LogP contribution in [0.5, 0.6) is 0 Å². The van der Waals surface area contributed by atoms with E-state index >= 15 is 0 Å². The molecule has 0 bridgehead atoms. The number of non-ortho nitro benzene ring substituents is 1. The lowest BCUT2D eigenvalue weighted by atomic mass is 10.2. The molecular formula is C14H12N2O4. The summed E-state index contributed by atoms with van der Waals surface area (Å²) < 4.78 is 5.11. The van der Waals surface area contributed by atoms with E-state index in [9.17, 15) is 14.9 Å². The molecule has 0 saturated heterocycles. The molecular weight excluding hydrogens is 260 g/mol. The van der Waals surface area contributed by atoms with Gasteiger partial charge in [0.05, 0.1) is 10.5 Å². The number of nitrogen functional groups attached to an aromatic ring is 1. The Bertz CT molecular complexity index is 638. The van der Waals surface area contributed by atoms with Crippen LogP contribution < -0.4 is 5.73 Å². The van der Waals surface area contributed by atoms with E-state index in [1.807, 2.05) is 0 Å². The van der Waals surface area contributed by atoms with Crippen molar-refractivity contribution < 1.29 is 14.5 Å². The van der Waals surface area contributed by atoms with Crippen LogP contribution in [0, 0.1) is 10.1 Å². The van der Waals surface area contributed by atoms with E-state index in [1.54, 1.807) is 24.3 Å². The fourth-order valence-electron chi connectivity index (χ4n) is 1.61. The zero-order chi connectivity index (χ0) is 14.5. The number of rotatable bonds is 4. The quantitative estimate of drug-likeness (QED) is 0.399. The van der Waals surface area contributed by atoms with Crippen LogP contribution in [0.25, 0.3) is 0 Å². The van der Waals surface area contributed by atoms with Gasteiger partial charge in [-0.1, -0.05) is 18.2 Å². The number of nitrogens with two attached hydrogens (primary N) is 1. The number of hydrogen-bond acceptors (Lipinski definition) is 5. The van der Waals surface area contributed by atoms with Crippen LogP contribution in [-0.4, -0.2) is 10.9 Å². The Balaban J connectivity index is 2.02. The smallest absolute Gasteiger partial charge is 0.338 e. The zero-order valence-electron chi connectivity index (χ0n) is 10.5. The first-order chi connectivity index (χ1) is 9.58. The number of hydrogen-bond donors (Lipinski definition) is 1. The Kier molecular flexibility index (Phi) is 3.95. The molecule has 0 aromatic heterocycles. The highest BCUT2D eigenvalue weighted by Crippen LogP contribution is 2.15. The summed E-state index contributed by atoms with van der Waals surface area (Å²) in [5, 5.41) is 10.5. The Morgan fingerprint density at radius 3 is 2.40 bits per heavy atom. The SMILES string of the molecule is Nc1ccccc1COC(=O)c1ccc([N+](=O)[O-])cc1. The third-order valence-electron chi connectivity index (χ3n) is 2.73. The summed E-state index contributed by atoms with van der Waals surface area (Å²) in [7, 11) is 0. The van der Waals surface area contributed by atoms with Crippen LogP contribution in [0.1, 0.15) is 15.9 Å². The van der Waals surface area contributed by atoms with Crippen molar-refractivity contribution in [1.82, 2.24) is 0 Å². The summed E-state index contributed by atoms with van der Waals surface area (Å²) in [6.07, 6.45) is 0. The molecule has 0 spiro atoms. The number of benzene rings is 2. The van der Waals surface area contributed by atoms with Gasteiger partial charge in [0.2, 0.25) is 0 Å². The monoisotopic (exact) mass is 272 g/mol. The van der Waals surface area contributed by atoms with E-state index in [4.69, 9.17) is 10.5 Å². The molecule has 0 unspecified atom stereocenters. The fourth-order valence-corrected chi connectivity index (χ4v) is 1.61. The van der Waals surface area contributed by atoms with Crippen molar-refractivity contribution in [2.24, 2.45) is 0 Å². The average Bonchev–Trinajstić information content (AvgIpc) is 2.46. The number of ether oxygens (including phenoxy) is 1. The predicted molar refractivity (Wildman–Crippen MR) is 73.1 cm³/mol. The second-order valence-electron chi connectivity index (χ2n) is 4.08. The van der Waals surface area contributed by atoms with Gasteiger partial charge in [-0.15, -0.1) is 0 Å². The van der Waals surface area contributed by atoms with Gasteiger partial charge in [0.1, 0.15) is 6.61 Å². The van der Waals surface area contributed by atoms with Crippen molar-refractivity contribution >= 4 is 17.3 Å². The van der Waals surface area contributed by atoms with Crippen molar-refractivity contribution in [1.29, 1.82) is 0 Å². The van der Waals surface area contributed by atoms with E-state index in [0.717, 1.165) is 0 Å². The Morgan fingerprint density at radius 1 is 1.15 bits per heavy atom. The third-order valence-corrected chi connectivity index (χ3v) is 2.73. The molecule has 0 amide bonds. The summed E-state index contributed by atoms with van der Waals surface area (Å²) in [5.41, 5.74) is 7.17.